The minimum absolute atomic E-state index is 0.0578. The van der Waals surface area contributed by atoms with Crippen molar-refractivity contribution in [1.82, 2.24) is 5.32 Å². The van der Waals surface area contributed by atoms with Crippen LogP contribution in [-0.4, -0.2) is 11.9 Å². The number of nitrogens with one attached hydrogen (secondary N) is 1. The van der Waals surface area contributed by atoms with Crippen molar-refractivity contribution >= 4 is 16.9 Å². The van der Waals surface area contributed by atoms with Gasteiger partial charge in [0.05, 0.1) is 0 Å². The van der Waals surface area contributed by atoms with Crippen LogP contribution >= 0.6 is 0 Å². The molecule has 0 saturated carbocycles. The summed E-state index contributed by atoms with van der Waals surface area (Å²) in [6.07, 6.45) is 0. The zero-order valence-electron chi connectivity index (χ0n) is 10.7. The fourth-order valence-electron chi connectivity index (χ4n) is 1.57. The molecule has 2 rings (SSSR count). The maximum atomic E-state index is 13.0. The number of carbonyl (C=O) groups is 1. The molecule has 1 amide bonds. The van der Waals surface area contributed by atoms with Crippen molar-refractivity contribution < 1.29 is 13.6 Å². The van der Waals surface area contributed by atoms with E-state index in [0.717, 1.165) is 0 Å². The second kappa shape index (κ2) is 4.80. The van der Waals surface area contributed by atoms with Gasteiger partial charge in [-0.15, -0.1) is 0 Å². The summed E-state index contributed by atoms with van der Waals surface area (Å²) in [5.41, 5.74) is 0.513. The van der Waals surface area contributed by atoms with E-state index in [4.69, 9.17) is 4.42 Å². The van der Waals surface area contributed by atoms with Gasteiger partial charge in [0.25, 0.3) is 5.91 Å². The van der Waals surface area contributed by atoms with E-state index in [-0.39, 0.29) is 23.5 Å². The molecule has 0 aliphatic rings. The fraction of sp³-hybridized carbons (Fsp3) is 0.357. The first-order chi connectivity index (χ1) is 8.47. The Morgan fingerprint density at radius 1 is 1.28 bits per heavy atom. The zero-order chi connectivity index (χ0) is 13.3. The highest BCUT2D eigenvalue weighted by Crippen LogP contribution is 2.20. The lowest BCUT2D eigenvalue weighted by Crippen LogP contribution is -2.35. The Labute approximate surface area is 105 Å². The molecule has 1 N–H and O–H groups in total. The van der Waals surface area contributed by atoms with Gasteiger partial charge in [-0.2, -0.15) is 0 Å². The summed E-state index contributed by atoms with van der Waals surface area (Å²) in [5.74, 6) is -0.0579. The van der Waals surface area contributed by atoms with Gasteiger partial charge in [-0.1, -0.05) is 13.8 Å². The van der Waals surface area contributed by atoms with Crippen molar-refractivity contribution in [3.8, 4) is 0 Å². The summed E-state index contributed by atoms with van der Waals surface area (Å²) >= 11 is 0. The minimum Gasteiger partial charge on any atom is -0.451 e. The van der Waals surface area contributed by atoms with E-state index in [1.54, 1.807) is 6.07 Å². The minimum atomic E-state index is -0.342. The van der Waals surface area contributed by atoms with Crippen LogP contribution in [0.3, 0.4) is 0 Å². The van der Waals surface area contributed by atoms with Crippen LogP contribution in [0.5, 0.6) is 0 Å². The van der Waals surface area contributed by atoms with E-state index < -0.39 is 0 Å². The molecule has 0 fully saturated rings. The fourth-order valence-corrected chi connectivity index (χ4v) is 1.57. The van der Waals surface area contributed by atoms with Gasteiger partial charge in [0.1, 0.15) is 11.4 Å². The predicted octanol–water partition coefficient (Wildman–Crippen LogP) is 3.35. The Balaban J connectivity index is 2.23. The lowest BCUT2D eigenvalue weighted by atomic mass is 10.1. The number of fused-ring (bicyclic) bond motifs is 1. The molecule has 1 unspecified atom stereocenters. The Bertz CT molecular complexity index is 574. The second-order valence-corrected chi connectivity index (χ2v) is 4.80. The molecule has 0 bridgehead atoms. The molecule has 3 nitrogen and oxygen atoms in total. The van der Waals surface area contributed by atoms with Crippen molar-refractivity contribution in [3.63, 3.8) is 0 Å². The standard InChI is InChI=1S/C14H16FNO2/c1-8(2)9(3)16-14(17)13-7-10-6-11(15)4-5-12(10)18-13/h4-9H,1-3H3,(H,16,17). The van der Waals surface area contributed by atoms with Crippen LogP contribution in [0.15, 0.2) is 28.7 Å². The van der Waals surface area contributed by atoms with Crippen LogP contribution in [0.1, 0.15) is 31.3 Å². The summed E-state index contributed by atoms with van der Waals surface area (Å²) in [6, 6.07) is 5.79. The number of hydrogen-bond acceptors (Lipinski definition) is 2. The number of benzene rings is 1. The Kier molecular flexibility index (Phi) is 3.36. The molecule has 0 radical (unpaired) electrons. The summed E-state index contributed by atoms with van der Waals surface area (Å²) in [7, 11) is 0. The van der Waals surface area contributed by atoms with Crippen LogP contribution < -0.4 is 5.32 Å². The SMILES string of the molecule is CC(C)C(C)NC(=O)c1cc2cc(F)ccc2o1. The van der Waals surface area contributed by atoms with E-state index in [1.807, 2.05) is 20.8 Å². The summed E-state index contributed by atoms with van der Waals surface area (Å²) in [5, 5.41) is 3.44. The predicted molar refractivity (Wildman–Crippen MR) is 67.9 cm³/mol. The maximum absolute atomic E-state index is 13.0. The Morgan fingerprint density at radius 2 is 2.00 bits per heavy atom. The molecule has 4 heteroatoms. The lowest BCUT2D eigenvalue weighted by molar-refractivity contribution is 0.0904. The third kappa shape index (κ3) is 2.53. The maximum Gasteiger partial charge on any atom is 0.287 e. The largest absolute Gasteiger partial charge is 0.451 e. The van der Waals surface area contributed by atoms with Gasteiger partial charge in [0, 0.05) is 11.4 Å². The van der Waals surface area contributed by atoms with E-state index in [0.29, 0.717) is 16.9 Å². The van der Waals surface area contributed by atoms with Gasteiger partial charge in [-0.25, -0.2) is 4.39 Å². The smallest absolute Gasteiger partial charge is 0.287 e. The third-order valence-electron chi connectivity index (χ3n) is 3.06. The first kappa shape index (κ1) is 12.6. The Hall–Kier alpha value is -1.84. The van der Waals surface area contributed by atoms with E-state index in [9.17, 15) is 9.18 Å². The number of rotatable bonds is 3. The Morgan fingerprint density at radius 3 is 2.67 bits per heavy atom. The normalized spacial score (nSPS) is 12.9. The lowest BCUT2D eigenvalue weighted by Gasteiger charge is -2.16. The molecule has 1 aromatic heterocycles. The van der Waals surface area contributed by atoms with E-state index in [2.05, 4.69) is 5.32 Å². The molecular weight excluding hydrogens is 233 g/mol. The number of furan rings is 1. The molecule has 0 saturated heterocycles. The van der Waals surface area contributed by atoms with Crippen LogP contribution in [0.4, 0.5) is 4.39 Å². The highest BCUT2D eigenvalue weighted by Gasteiger charge is 2.16. The molecule has 0 aliphatic heterocycles. The molecule has 1 atom stereocenters. The summed E-state index contributed by atoms with van der Waals surface area (Å²) < 4.78 is 18.4. The summed E-state index contributed by atoms with van der Waals surface area (Å²) in [6.45, 7) is 5.99. The van der Waals surface area contributed by atoms with Gasteiger partial charge < -0.3 is 9.73 Å². The number of halogens is 1. The first-order valence-electron chi connectivity index (χ1n) is 5.97. The monoisotopic (exact) mass is 249 g/mol. The van der Waals surface area contributed by atoms with E-state index >= 15 is 0 Å². The van der Waals surface area contributed by atoms with Crippen molar-refractivity contribution in [3.05, 3.63) is 35.8 Å². The molecule has 0 spiro atoms. The number of amides is 1. The molecule has 96 valence electrons. The topological polar surface area (TPSA) is 42.2 Å². The number of carbonyl (C=O) groups excluding carboxylic acids is 1. The molecule has 2 aromatic rings. The van der Waals surface area contributed by atoms with Gasteiger partial charge in [0.2, 0.25) is 0 Å². The average molecular weight is 249 g/mol. The van der Waals surface area contributed by atoms with Crippen molar-refractivity contribution in [2.45, 2.75) is 26.8 Å². The first-order valence-corrected chi connectivity index (χ1v) is 5.97. The second-order valence-electron chi connectivity index (χ2n) is 4.80. The van der Waals surface area contributed by atoms with Crippen LogP contribution in [0.25, 0.3) is 11.0 Å². The average Bonchev–Trinajstić information content (AvgIpc) is 2.71. The van der Waals surface area contributed by atoms with Gasteiger partial charge in [0.15, 0.2) is 5.76 Å². The van der Waals surface area contributed by atoms with Gasteiger partial charge >= 0.3 is 0 Å². The zero-order valence-corrected chi connectivity index (χ0v) is 10.7. The van der Waals surface area contributed by atoms with Gasteiger partial charge in [-0.05, 0) is 37.1 Å². The molecule has 1 heterocycles. The quantitative estimate of drug-likeness (QED) is 0.906. The van der Waals surface area contributed by atoms with Crippen LogP contribution in [0, 0.1) is 11.7 Å². The van der Waals surface area contributed by atoms with Crippen molar-refractivity contribution in [2.24, 2.45) is 5.92 Å². The van der Waals surface area contributed by atoms with Crippen LogP contribution in [-0.2, 0) is 0 Å². The van der Waals surface area contributed by atoms with Crippen molar-refractivity contribution in [1.29, 1.82) is 0 Å². The molecular formula is C14H16FNO2. The molecule has 1 aromatic carbocycles. The highest BCUT2D eigenvalue weighted by atomic mass is 19.1. The summed E-state index contributed by atoms with van der Waals surface area (Å²) in [4.78, 5) is 11.9. The van der Waals surface area contributed by atoms with Crippen molar-refractivity contribution in [2.75, 3.05) is 0 Å². The third-order valence-corrected chi connectivity index (χ3v) is 3.06. The van der Waals surface area contributed by atoms with Gasteiger partial charge in [-0.3, -0.25) is 4.79 Å². The number of hydrogen-bond donors (Lipinski definition) is 1. The molecule has 18 heavy (non-hydrogen) atoms. The highest BCUT2D eigenvalue weighted by molar-refractivity contribution is 5.96. The molecule has 0 aliphatic carbocycles. The van der Waals surface area contributed by atoms with E-state index in [1.165, 1.54) is 18.2 Å². The van der Waals surface area contributed by atoms with Crippen LogP contribution in [0.2, 0.25) is 0 Å².